The smallest absolute Gasteiger partial charge is 0.152 e. The molecule has 0 saturated carbocycles. The van der Waals surface area contributed by atoms with E-state index in [1.165, 1.54) is 0 Å². The van der Waals surface area contributed by atoms with Gasteiger partial charge in [-0.3, -0.25) is 0 Å². The van der Waals surface area contributed by atoms with E-state index in [0.29, 0.717) is 6.54 Å². The van der Waals surface area contributed by atoms with Crippen molar-refractivity contribution in [2.75, 3.05) is 31.1 Å². The maximum absolute atomic E-state index is 9.22. The number of pyridine rings is 1. The molecule has 0 unspecified atom stereocenters. The van der Waals surface area contributed by atoms with Gasteiger partial charge in [-0.05, 0) is 32.0 Å². The molecule has 0 aliphatic rings. The lowest BCUT2D eigenvalue weighted by atomic mass is 10.3. The number of anilines is 1. The van der Waals surface area contributed by atoms with Crippen molar-refractivity contribution < 1.29 is 5.11 Å². The normalized spacial score (nSPS) is 11.2. The maximum atomic E-state index is 9.22. The fraction of sp³-hybridized carbons (Fsp3) is 0.533. The summed E-state index contributed by atoms with van der Waals surface area (Å²) in [6.45, 7) is 7.62. The predicted octanol–water partition coefficient (Wildman–Crippen LogP) is 1.65. The van der Waals surface area contributed by atoms with Crippen LogP contribution in [0.3, 0.4) is 0 Å². The lowest BCUT2D eigenvalue weighted by Crippen LogP contribution is -2.28. The quantitative estimate of drug-likeness (QED) is 0.720. The van der Waals surface area contributed by atoms with E-state index in [4.69, 9.17) is 4.98 Å². The van der Waals surface area contributed by atoms with Gasteiger partial charge in [0.05, 0.1) is 12.3 Å². The van der Waals surface area contributed by atoms with Gasteiger partial charge in [-0.25, -0.2) is 4.98 Å². The van der Waals surface area contributed by atoms with Crippen molar-refractivity contribution in [3.8, 4) is 0 Å². The van der Waals surface area contributed by atoms with Crippen LogP contribution in [0.5, 0.6) is 0 Å². The lowest BCUT2D eigenvalue weighted by Gasteiger charge is -2.21. The molecule has 0 spiro atoms. The Hall–Kier alpha value is -1.59. The molecule has 0 amide bonds. The molecule has 5 heteroatoms. The van der Waals surface area contributed by atoms with Gasteiger partial charge in [0.1, 0.15) is 5.65 Å². The SMILES string of the molecule is CCCNCc1c(N(CC)CCO)nc2ccccn12. The van der Waals surface area contributed by atoms with Crippen molar-refractivity contribution in [3.05, 3.63) is 30.1 Å². The van der Waals surface area contributed by atoms with Gasteiger partial charge in [0.25, 0.3) is 0 Å². The molecular formula is C15H24N4O. The van der Waals surface area contributed by atoms with Gasteiger partial charge in [-0.15, -0.1) is 0 Å². The van der Waals surface area contributed by atoms with Crippen LogP contribution in [0.2, 0.25) is 0 Å². The van der Waals surface area contributed by atoms with E-state index >= 15 is 0 Å². The lowest BCUT2D eigenvalue weighted by molar-refractivity contribution is 0.302. The summed E-state index contributed by atoms with van der Waals surface area (Å²) in [5.41, 5.74) is 2.11. The Morgan fingerprint density at radius 3 is 2.90 bits per heavy atom. The summed E-state index contributed by atoms with van der Waals surface area (Å²) in [6, 6.07) is 6.03. The molecule has 0 fully saturated rings. The molecule has 0 bridgehead atoms. The molecule has 2 rings (SSSR count). The van der Waals surface area contributed by atoms with Crippen molar-refractivity contribution in [1.82, 2.24) is 14.7 Å². The number of fused-ring (bicyclic) bond motifs is 1. The monoisotopic (exact) mass is 276 g/mol. The standard InChI is InChI=1S/C15H24N4O/c1-3-8-16-12-13-15(18(4-2)10-11-20)17-14-7-5-6-9-19(13)14/h5-7,9,16,20H,3-4,8,10-12H2,1-2H3. The van der Waals surface area contributed by atoms with Crippen LogP contribution >= 0.6 is 0 Å². The molecule has 0 aliphatic carbocycles. The minimum absolute atomic E-state index is 0.142. The first kappa shape index (κ1) is 14.8. The molecule has 5 nitrogen and oxygen atoms in total. The number of aliphatic hydroxyl groups is 1. The van der Waals surface area contributed by atoms with Gasteiger partial charge in [0.2, 0.25) is 0 Å². The van der Waals surface area contributed by atoms with Crippen LogP contribution in [0.1, 0.15) is 26.0 Å². The summed E-state index contributed by atoms with van der Waals surface area (Å²) in [5.74, 6) is 0.969. The van der Waals surface area contributed by atoms with Crippen molar-refractivity contribution >= 4 is 11.5 Å². The van der Waals surface area contributed by atoms with Crippen LogP contribution in [0, 0.1) is 0 Å². The topological polar surface area (TPSA) is 52.8 Å². The molecule has 0 saturated heterocycles. The Morgan fingerprint density at radius 1 is 1.35 bits per heavy atom. The fourth-order valence-corrected chi connectivity index (χ4v) is 2.37. The predicted molar refractivity (Wildman–Crippen MR) is 82.2 cm³/mol. The second kappa shape index (κ2) is 7.26. The van der Waals surface area contributed by atoms with E-state index in [0.717, 1.165) is 43.2 Å². The molecule has 2 heterocycles. The zero-order valence-electron chi connectivity index (χ0n) is 12.3. The molecule has 2 N–H and O–H groups in total. The number of aliphatic hydroxyl groups excluding tert-OH is 1. The fourth-order valence-electron chi connectivity index (χ4n) is 2.37. The molecule has 110 valence electrons. The first-order valence-electron chi connectivity index (χ1n) is 7.34. The van der Waals surface area contributed by atoms with E-state index < -0.39 is 0 Å². The zero-order chi connectivity index (χ0) is 14.4. The average Bonchev–Trinajstić information content (AvgIpc) is 2.84. The molecule has 0 aromatic carbocycles. The third-order valence-corrected chi connectivity index (χ3v) is 3.38. The van der Waals surface area contributed by atoms with E-state index in [9.17, 15) is 5.11 Å². The molecule has 2 aromatic rings. The van der Waals surface area contributed by atoms with Crippen molar-refractivity contribution in [2.45, 2.75) is 26.8 Å². The number of imidazole rings is 1. The Morgan fingerprint density at radius 2 is 2.20 bits per heavy atom. The summed E-state index contributed by atoms with van der Waals surface area (Å²) in [4.78, 5) is 6.84. The van der Waals surface area contributed by atoms with Crippen LogP contribution in [0.25, 0.3) is 5.65 Å². The van der Waals surface area contributed by atoms with Gasteiger partial charge in [0, 0.05) is 25.8 Å². The Balaban J connectivity index is 2.37. The highest BCUT2D eigenvalue weighted by Crippen LogP contribution is 2.21. The van der Waals surface area contributed by atoms with Gasteiger partial charge in [0.15, 0.2) is 5.82 Å². The zero-order valence-corrected chi connectivity index (χ0v) is 12.3. The van der Waals surface area contributed by atoms with E-state index in [1.54, 1.807) is 0 Å². The number of rotatable bonds is 8. The van der Waals surface area contributed by atoms with Crippen molar-refractivity contribution in [2.24, 2.45) is 0 Å². The van der Waals surface area contributed by atoms with E-state index in [2.05, 4.69) is 28.5 Å². The molecule has 0 atom stereocenters. The maximum Gasteiger partial charge on any atom is 0.152 e. The van der Waals surface area contributed by atoms with Crippen LogP contribution in [0.4, 0.5) is 5.82 Å². The number of hydrogen-bond acceptors (Lipinski definition) is 4. The summed E-state index contributed by atoms with van der Waals surface area (Å²) < 4.78 is 2.12. The average molecular weight is 276 g/mol. The minimum atomic E-state index is 0.142. The molecular weight excluding hydrogens is 252 g/mol. The Labute approximate surface area is 120 Å². The summed E-state index contributed by atoms with van der Waals surface area (Å²) in [6.07, 6.45) is 3.15. The van der Waals surface area contributed by atoms with Gasteiger partial charge < -0.3 is 19.7 Å². The van der Waals surface area contributed by atoms with Crippen LogP contribution in [-0.4, -0.2) is 40.7 Å². The van der Waals surface area contributed by atoms with Gasteiger partial charge >= 0.3 is 0 Å². The number of nitrogens with one attached hydrogen (secondary N) is 1. The highest BCUT2D eigenvalue weighted by atomic mass is 16.3. The number of likely N-dealkylation sites (N-methyl/N-ethyl adjacent to an activating group) is 1. The second-order valence-electron chi connectivity index (χ2n) is 4.79. The minimum Gasteiger partial charge on any atom is -0.395 e. The summed E-state index contributed by atoms with van der Waals surface area (Å²) in [7, 11) is 0. The third kappa shape index (κ3) is 3.11. The number of hydrogen-bond donors (Lipinski definition) is 2. The molecule has 2 aromatic heterocycles. The third-order valence-electron chi connectivity index (χ3n) is 3.38. The molecule has 20 heavy (non-hydrogen) atoms. The van der Waals surface area contributed by atoms with Crippen molar-refractivity contribution in [3.63, 3.8) is 0 Å². The van der Waals surface area contributed by atoms with E-state index in [-0.39, 0.29) is 6.61 Å². The van der Waals surface area contributed by atoms with Crippen LogP contribution in [-0.2, 0) is 6.54 Å². The number of aromatic nitrogens is 2. The summed E-state index contributed by atoms with van der Waals surface area (Å²) in [5, 5.41) is 12.7. The second-order valence-corrected chi connectivity index (χ2v) is 4.79. The van der Waals surface area contributed by atoms with Crippen molar-refractivity contribution in [1.29, 1.82) is 0 Å². The first-order valence-corrected chi connectivity index (χ1v) is 7.34. The number of nitrogens with zero attached hydrogens (tertiary/aromatic N) is 3. The Bertz CT molecular complexity index is 538. The van der Waals surface area contributed by atoms with Gasteiger partial charge in [-0.2, -0.15) is 0 Å². The molecule has 0 radical (unpaired) electrons. The largest absolute Gasteiger partial charge is 0.395 e. The highest BCUT2D eigenvalue weighted by molar-refractivity contribution is 5.56. The van der Waals surface area contributed by atoms with Crippen LogP contribution < -0.4 is 10.2 Å². The highest BCUT2D eigenvalue weighted by Gasteiger charge is 2.16. The van der Waals surface area contributed by atoms with Gasteiger partial charge in [-0.1, -0.05) is 13.0 Å². The van der Waals surface area contributed by atoms with E-state index in [1.807, 2.05) is 24.4 Å². The Kier molecular flexibility index (Phi) is 5.38. The summed E-state index contributed by atoms with van der Waals surface area (Å²) >= 11 is 0. The first-order chi connectivity index (χ1) is 9.81. The molecule has 0 aliphatic heterocycles. The van der Waals surface area contributed by atoms with Crippen LogP contribution in [0.15, 0.2) is 24.4 Å².